The largest absolute Gasteiger partial charge is 0.494 e. The van der Waals surface area contributed by atoms with E-state index in [0.29, 0.717) is 6.04 Å². The fraction of sp³-hybridized carbons (Fsp3) is 0.667. The Bertz CT molecular complexity index is 439. The number of piperazine rings is 1. The van der Waals surface area contributed by atoms with Crippen LogP contribution in [0.1, 0.15) is 18.9 Å². The van der Waals surface area contributed by atoms with E-state index in [9.17, 15) is 0 Å². The summed E-state index contributed by atoms with van der Waals surface area (Å²) in [4.78, 5) is 5.07. The number of benzene rings is 1. The SMILES string of the molecule is COCCN1CCN(CCCOc2cccc(C)c2)C[C@@H]1C. The zero-order chi connectivity index (χ0) is 15.8. The Labute approximate surface area is 135 Å². The minimum atomic E-state index is 0.613. The summed E-state index contributed by atoms with van der Waals surface area (Å²) in [5.41, 5.74) is 1.25. The Kier molecular flexibility index (Phi) is 7.16. The maximum absolute atomic E-state index is 5.83. The van der Waals surface area contributed by atoms with Gasteiger partial charge in [-0.2, -0.15) is 0 Å². The molecule has 0 radical (unpaired) electrons. The summed E-state index contributed by atoms with van der Waals surface area (Å²) >= 11 is 0. The Hall–Kier alpha value is -1.10. The molecule has 0 spiro atoms. The maximum atomic E-state index is 5.83. The molecule has 0 amide bonds. The van der Waals surface area contributed by atoms with Gasteiger partial charge in [0.15, 0.2) is 0 Å². The maximum Gasteiger partial charge on any atom is 0.119 e. The van der Waals surface area contributed by atoms with Crippen molar-refractivity contribution in [2.75, 3.05) is 53.0 Å². The van der Waals surface area contributed by atoms with Crippen molar-refractivity contribution in [3.05, 3.63) is 29.8 Å². The summed E-state index contributed by atoms with van der Waals surface area (Å²) in [6.45, 7) is 11.6. The van der Waals surface area contributed by atoms with E-state index in [4.69, 9.17) is 9.47 Å². The van der Waals surface area contributed by atoms with Gasteiger partial charge in [0.1, 0.15) is 5.75 Å². The standard InChI is InChI=1S/C18H30N2O2/c1-16-6-4-7-18(14-16)22-12-5-8-19-9-10-20(11-13-21-3)17(2)15-19/h4,6-7,14,17H,5,8-13,15H2,1-3H3/t17-/m0/s1. The molecule has 124 valence electrons. The molecule has 0 bridgehead atoms. The van der Waals surface area contributed by atoms with Crippen LogP contribution in [0.4, 0.5) is 0 Å². The predicted octanol–water partition coefficient (Wildman–Crippen LogP) is 2.42. The molecular formula is C18H30N2O2. The molecule has 1 aliphatic heterocycles. The highest BCUT2D eigenvalue weighted by atomic mass is 16.5. The first-order valence-corrected chi connectivity index (χ1v) is 8.34. The lowest BCUT2D eigenvalue weighted by atomic mass is 10.2. The lowest BCUT2D eigenvalue weighted by Gasteiger charge is -2.39. The van der Waals surface area contributed by atoms with Crippen LogP contribution in [-0.2, 0) is 4.74 Å². The van der Waals surface area contributed by atoms with Crippen LogP contribution >= 0.6 is 0 Å². The number of rotatable bonds is 8. The van der Waals surface area contributed by atoms with E-state index < -0.39 is 0 Å². The topological polar surface area (TPSA) is 24.9 Å². The fourth-order valence-corrected chi connectivity index (χ4v) is 3.00. The second kappa shape index (κ2) is 9.13. The third kappa shape index (κ3) is 5.59. The average molecular weight is 306 g/mol. The molecule has 1 aliphatic rings. The van der Waals surface area contributed by atoms with Gasteiger partial charge in [-0.15, -0.1) is 0 Å². The molecule has 1 aromatic carbocycles. The smallest absolute Gasteiger partial charge is 0.119 e. The van der Waals surface area contributed by atoms with Gasteiger partial charge >= 0.3 is 0 Å². The number of ether oxygens (including phenoxy) is 2. The van der Waals surface area contributed by atoms with Crippen molar-refractivity contribution in [2.45, 2.75) is 26.3 Å². The molecule has 1 aromatic rings. The number of aryl methyl sites for hydroxylation is 1. The summed E-state index contributed by atoms with van der Waals surface area (Å²) in [6.07, 6.45) is 1.08. The summed E-state index contributed by atoms with van der Waals surface area (Å²) in [5, 5.41) is 0. The van der Waals surface area contributed by atoms with Crippen molar-refractivity contribution in [3.8, 4) is 5.75 Å². The van der Waals surface area contributed by atoms with Crippen molar-refractivity contribution in [1.82, 2.24) is 9.80 Å². The highest BCUT2D eigenvalue weighted by Crippen LogP contribution is 2.13. The van der Waals surface area contributed by atoms with Crippen LogP contribution in [0, 0.1) is 6.92 Å². The van der Waals surface area contributed by atoms with Crippen LogP contribution < -0.4 is 4.74 Å². The first-order valence-electron chi connectivity index (χ1n) is 8.34. The van der Waals surface area contributed by atoms with E-state index in [2.05, 4.69) is 35.8 Å². The number of nitrogens with zero attached hydrogens (tertiary/aromatic N) is 2. The molecule has 2 rings (SSSR count). The van der Waals surface area contributed by atoms with Crippen LogP contribution in [-0.4, -0.2) is 68.9 Å². The quantitative estimate of drug-likeness (QED) is 0.689. The highest BCUT2D eigenvalue weighted by molar-refractivity contribution is 5.27. The summed E-state index contributed by atoms with van der Waals surface area (Å²) in [5.74, 6) is 0.984. The summed E-state index contributed by atoms with van der Waals surface area (Å²) < 4.78 is 11.0. The van der Waals surface area contributed by atoms with Gasteiger partial charge in [-0.25, -0.2) is 0 Å². The molecule has 0 aliphatic carbocycles. The Balaban J connectivity index is 1.62. The molecule has 1 fully saturated rings. The van der Waals surface area contributed by atoms with E-state index >= 15 is 0 Å². The molecule has 1 saturated heterocycles. The minimum Gasteiger partial charge on any atom is -0.494 e. The lowest BCUT2D eigenvalue weighted by Crippen LogP contribution is -2.52. The van der Waals surface area contributed by atoms with Crippen molar-refractivity contribution in [3.63, 3.8) is 0 Å². The van der Waals surface area contributed by atoms with Crippen LogP contribution in [0.15, 0.2) is 24.3 Å². The molecule has 4 heteroatoms. The van der Waals surface area contributed by atoms with Gasteiger partial charge in [0.05, 0.1) is 13.2 Å². The second-order valence-electron chi connectivity index (χ2n) is 6.20. The highest BCUT2D eigenvalue weighted by Gasteiger charge is 2.22. The Morgan fingerprint density at radius 1 is 1.18 bits per heavy atom. The third-order valence-electron chi connectivity index (χ3n) is 4.31. The summed E-state index contributed by atoms with van der Waals surface area (Å²) in [6, 6.07) is 8.88. The number of hydrogen-bond acceptors (Lipinski definition) is 4. The summed E-state index contributed by atoms with van der Waals surface area (Å²) in [7, 11) is 1.77. The molecule has 1 heterocycles. The van der Waals surface area contributed by atoms with Crippen LogP contribution in [0.5, 0.6) is 5.75 Å². The van der Waals surface area contributed by atoms with Crippen molar-refractivity contribution in [2.24, 2.45) is 0 Å². The number of methoxy groups -OCH3 is 1. The third-order valence-corrected chi connectivity index (χ3v) is 4.31. The Morgan fingerprint density at radius 2 is 2.05 bits per heavy atom. The van der Waals surface area contributed by atoms with E-state index in [-0.39, 0.29) is 0 Å². The van der Waals surface area contributed by atoms with Crippen LogP contribution in [0.2, 0.25) is 0 Å². The van der Waals surface area contributed by atoms with Gasteiger partial charge in [-0.1, -0.05) is 12.1 Å². The minimum absolute atomic E-state index is 0.613. The molecule has 1 atom stereocenters. The molecule has 22 heavy (non-hydrogen) atoms. The van der Waals surface area contributed by atoms with Gasteiger partial charge in [0, 0.05) is 45.9 Å². The van der Waals surface area contributed by atoms with Gasteiger partial charge in [0.25, 0.3) is 0 Å². The first-order chi connectivity index (χ1) is 10.7. The lowest BCUT2D eigenvalue weighted by molar-refractivity contribution is 0.0569. The molecule has 0 aromatic heterocycles. The van der Waals surface area contributed by atoms with E-state index in [0.717, 1.165) is 58.1 Å². The van der Waals surface area contributed by atoms with Crippen molar-refractivity contribution >= 4 is 0 Å². The second-order valence-corrected chi connectivity index (χ2v) is 6.20. The van der Waals surface area contributed by atoms with Crippen LogP contribution in [0.25, 0.3) is 0 Å². The van der Waals surface area contributed by atoms with E-state index in [1.807, 2.05) is 12.1 Å². The molecule has 0 unspecified atom stereocenters. The van der Waals surface area contributed by atoms with Gasteiger partial charge in [-0.3, -0.25) is 4.90 Å². The molecular weight excluding hydrogens is 276 g/mol. The first kappa shape index (κ1) is 17.3. The van der Waals surface area contributed by atoms with E-state index in [1.54, 1.807) is 7.11 Å². The van der Waals surface area contributed by atoms with Gasteiger partial charge in [-0.05, 0) is 38.0 Å². The van der Waals surface area contributed by atoms with E-state index in [1.165, 1.54) is 5.56 Å². The fourth-order valence-electron chi connectivity index (χ4n) is 3.00. The monoisotopic (exact) mass is 306 g/mol. The van der Waals surface area contributed by atoms with Crippen molar-refractivity contribution < 1.29 is 9.47 Å². The zero-order valence-corrected chi connectivity index (χ0v) is 14.3. The zero-order valence-electron chi connectivity index (χ0n) is 14.3. The number of hydrogen-bond donors (Lipinski definition) is 0. The predicted molar refractivity (Wildman–Crippen MR) is 90.6 cm³/mol. The van der Waals surface area contributed by atoms with Gasteiger partial charge in [0.2, 0.25) is 0 Å². The van der Waals surface area contributed by atoms with Gasteiger partial charge < -0.3 is 14.4 Å². The normalized spacial score (nSPS) is 20.2. The Morgan fingerprint density at radius 3 is 2.77 bits per heavy atom. The molecule has 4 nitrogen and oxygen atoms in total. The average Bonchev–Trinajstić information content (AvgIpc) is 2.51. The molecule has 0 saturated carbocycles. The molecule has 0 N–H and O–H groups in total. The van der Waals surface area contributed by atoms with Crippen LogP contribution in [0.3, 0.4) is 0 Å². The van der Waals surface area contributed by atoms with Crippen molar-refractivity contribution in [1.29, 1.82) is 0 Å².